The van der Waals surface area contributed by atoms with Crippen LogP contribution in [0.15, 0.2) is 30.6 Å². The molecule has 0 saturated carbocycles. The Morgan fingerprint density at radius 2 is 1.89 bits per heavy atom. The van der Waals surface area contributed by atoms with E-state index in [1.54, 1.807) is 35.7 Å². The van der Waals surface area contributed by atoms with Gasteiger partial charge in [-0.05, 0) is 48.9 Å². The number of hydrogen-bond acceptors (Lipinski definition) is 4. The number of benzene rings is 1. The van der Waals surface area contributed by atoms with E-state index in [1.165, 1.54) is 12.1 Å². The van der Waals surface area contributed by atoms with Crippen LogP contribution in [0.1, 0.15) is 65.2 Å². The fraction of sp³-hybridized carbons (Fsp3) is 0.407. The van der Waals surface area contributed by atoms with Crippen molar-refractivity contribution in [3.63, 3.8) is 0 Å². The van der Waals surface area contributed by atoms with E-state index in [-0.39, 0.29) is 39.9 Å². The number of fused-ring (bicyclic) bond motifs is 1. The lowest BCUT2D eigenvalue weighted by molar-refractivity contribution is -0.136. The SMILES string of the molecule is Cc1ccc(C(=O)Nc2cnc3c(c(C4CCN(C(=O)C(C)C)CC4)cn3C)c2C(F)(F)F)cc1C#N. The van der Waals surface area contributed by atoms with Gasteiger partial charge < -0.3 is 14.8 Å². The maximum Gasteiger partial charge on any atom is 0.419 e. The first-order valence-corrected chi connectivity index (χ1v) is 12.1. The summed E-state index contributed by atoms with van der Waals surface area (Å²) in [6.07, 6.45) is -1.00. The van der Waals surface area contributed by atoms with E-state index in [9.17, 15) is 28.0 Å². The number of nitrogens with zero attached hydrogens (tertiary/aromatic N) is 4. The standard InChI is InChI=1S/C27H28F3N5O2/c1-15(2)26(37)35-9-7-17(8-10-35)20-14-34(4)24-22(20)23(27(28,29)30)21(13-32-24)33-25(36)18-6-5-16(3)19(11-18)12-31/h5-6,11,13-15,17H,7-10H2,1-4H3,(H,33,36). The Balaban J connectivity index is 1.74. The summed E-state index contributed by atoms with van der Waals surface area (Å²) >= 11 is 0. The fourth-order valence-electron chi connectivity index (χ4n) is 4.93. The van der Waals surface area contributed by atoms with Crippen molar-refractivity contribution in [2.45, 2.75) is 45.7 Å². The van der Waals surface area contributed by atoms with Crippen molar-refractivity contribution < 1.29 is 22.8 Å². The molecule has 0 bridgehead atoms. The quantitative estimate of drug-likeness (QED) is 0.509. The molecule has 1 saturated heterocycles. The summed E-state index contributed by atoms with van der Waals surface area (Å²) in [4.78, 5) is 31.3. The normalized spacial score (nSPS) is 14.7. The number of nitriles is 1. The van der Waals surface area contributed by atoms with Gasteiger partial charge in [-0.15, -0.1) is 0 Å². The molecule has 10 heteroatoms. The highest BCUT2D eigenvalue weighted by Crippen LogP contribution is 2.44. The first kappa shape index (κ1) is 26.2. The minimum absolute atomic E-state index is 0.0367. The summed E-state index contributed by atoms with van der Waals surface area (Å²) in [6.45, 7) is 6.30. The number of carbonyl (C=O) groups is 2. The van der Waals surface area contributed by atoms with E-state index < -0.39 is 23.3 Å². The molecule has 1 fully saturated rings. The lowest BCUT2D eigenvalue weighted by atomic mass is 9.87. The van der Waals surface area contributed by atoms with Gasteiger partial charge in [-0.2, -0.15) is 18.4 Å². The van der Waals surface area contributed by atoms with Crippen molar-refractivity contribution in [3.05, 3.63) is 58.4 Å². The Hall–Kier alpha value is -3.87. The van der Waals surface area contributed by atoms with Crippen LogP contribution in [0, 0.1) is 24.2 Å². The first-order chi connectivity index (χ1) is 17.4. The van der Waals surface area contributed by atoms with Crippen LogP contribution in [-0.4, -0.2) is 39.4 Å². The Morgan fingerprint density at radius 3 is 2.49 bits per heavy atom. The molecular weight excluding hydrogens is 483 g/mol. The first-order valence-electron chi connectivity index (χ1n) is 12.1. The number of aromatic nitrogens is 2. The topological polar surface area (TPSA) is 91.0 Å². The number of amides is 2. The predicted molar refractivity (Wildman–Crippen MR) is 133 cm³/mol. The van der Waals surface area contributed by atoms with Gasteiger partial charge in [0, 0.05) is 43.2 Å². The van der Waals surface area contributed by atoms with E-state index in [2.05, 4.69) is 10.3 Å². The molecule has 4 rings (SSSR count). The fourth-order valence-corrected chi connectivity index (χ4v) is 4.93. The number of hydrogen-bond donors (Lipinski definition) is 1. The van der Waals surface area contributed by atoms with Crippen LogP contribution in [0.25, 0.3) is 11.0 Å². The van der Waals surface area contributed by atoms with Crippen LogP contribution in [0.4, 0.5) is 18.9 Å². The highest BCUT2D eigenvalue weighted by Gasteiger charge is 2.39. The van der Waals surface area contributed by atoms with Gasteiger partial charge in [-0.1, -0.05) is 19.9 Å². The van der Waals surface area contributed by atoms with E-state index in [0.717, 1.165) is 6.20 Å². The van der Waals surface area contributed by atoms with Crippen LogP contribution < -0.4 is 5.32 Å². The summed E-state index contributed by atoms with van der Waals surface area (Å²) in [5.74, 6) is -1.06. The van der Waals surface area contributed by atoms with Gasteiger partial charge in [-0.25, -0.2) is 4.98 Å². The molecule has 37 heavy (non-hydrogen) atoms. The molecule has 1 N–H and O–H groups in total. The van der Waals surface area contributed by atoms with Gasteiger partial charge in [0.05, 0.1) is 29.1 Å². The van der Waals surface area contributed by atoms with E-state index in [0.29, 0.717) is 37.1 Å². The summed E-state index contributed by atoms with van der Waals surface area (Å²) in [5, 5.41) is 11.6. The number of nitrogens with one attached hydrogen (secondary N) is 1. The van der Waals surface area contributed by atoms with Gasteiger partial charge in [-0.3, -0.25) is 9.59 Å². The number of piperidine rings is 1. The number of pyridine rings is 1. The van der Waals surface area contributed by atoms with Crippen LogP contribution in [0.5, 0.6) is 0 Å². The molecule has 0 unspecified atom stereocenters. The smallest absolute Gasteiger partial charge is 0.342 e. The lowest BCUT2D eigenvalue weighted by Crippen LogP contribution is -2.40. The summed E-state index contributed by atoms with van der Waals surface area (Å²) in [7, 11) is 1.64. The van der Waals surface area contributed by atoms with Crippen molar-refractivity contribution in [1.29, 1.82) is 5.26 Å². The van der Waals surface area contributed by atoms with Crippen molar-refractivity contribution in [2.75, 3.05) is 18.4 Å². The molecule has 1 aliphatic rings. The Labute approximate surface area is 212 Å². The molecule has 2 aromatic heterocycles. The minimum Gasteiger partial charge on any atom is -0.342 e. The van der Waals surface area contributed by atoms with Crippen molar-refractivity contribution >= 4 is 28.5 Å². The molecule has 1 aromatic carbocycles. The second-order valence-electron chi connectivity index (χ2n) is 9.79. The lowest BCUT2D eigenvalue weighted by Gasteiger charge is -2.33. The molecule has 3 heterocycles. The second kappa shape index (κ2) is 9.88. The van der Waals surface area contributed by atoms with Crippen LogP contribution in [0.3, 0.4) is 0 Å². The zero-order chi connectivity index (χ0) is 27.1. The van der Waals surface area contributed by atoms with E-state index >= 15 is 0 Å². The molecule has 1 aliphatic heterocycles. The number of likely N-dealkylation sites (tertiary alicyclic amines) is 1. The molecular formula is C27H28F3N5O2. The number of alkyl halides is 3. The van der Waals surface area contributed by atoms with Gasteiger partial charge in [0.1, 0.15) is 5.65 Å². The van der Waals surface area contributed by atoms with Crippen molar-refractivity contribution in [2.24, 2.45) is 13.0 Å². The minimum atomic E-state index is -4.76. The molecule has 7 nitrogen and oxygen atoms in total. The average molecular weight is 512 g/mol. The molecule has 194 valence electrons. The highest BCUT2D eigenvalue weighted by atomic mass is 19.4. The van der Waals surface area contributed by atoms with Gasteiger partial charge in [0.25, 0.3) is 5.91 Å². The third-order valence-corrected chi connectivity index (χ3v) is 6.91. The number of aryl methyl sites for hydroxylation is 2. The highest BCUT2D eigenvalue weighted by molar-refractivity contribution is 6.06. The van der Waals surface area contributed by atoms with Crippen molar-refractivity contribution in [3.8, 4) is 6.07 Å². The zero-order valence-corrected chi connectivity index (χ0v) is 21.1. The second-order valence-corrected chi connectivity index (χ2v) is 9.79. The summed E-state index contributed by atoms with van der Waals surface area (Å²) in [6, 6.07) is 6.37. The van der Waals surface area contributed by atoms with Crippen LogP contribution >= 0.6 is 0 Å². The van der Waals surface area contributed by atoms with Gasteiger partial charge in [0.2, 0.25) is 5.91 Å². The molecule has 0 aliphatic carbocycles. The van der Waals surface area contributed by atoms with Crippen LogP contribution in [0.2, 0.25) is 0 Å². The maximum absolute atomic E-state index is 14.5. The largest absolute Gasteiger partial charge is 0.419 e. The van der Waals surface area contributed by atoms with E-state index in [4.69, 9.17) is 0 Å². The molecule has 3 aromatic rings. The Kier molecular flexibility index (Phi) is 7.00. The third-order valence-electron chi connectivity index (χ3n) is 6.91. The van der Waals surface area contributed by atoms with Gasteiger partial charge in [0.15, 0.2) is 0 Å². The zero-order valence-electron chi connectivity index (χ0n) is 21.1. The number of anilines is 1. The average Bonchev–Trinajstić information content (AvgIpc) is 3.19. The van der Waals surface area contributed by atoms with Gasteiger partial charge >= 0.3 is 6.18 Å². The van der Waals surface area contributed by atoms with Crippen LogP contribution in [-0.2, 0) is 18.0 Å². The third kappa shape index (κ3) is 5.03. The summed E-state index contributed by atoms with van der Waals surface area (Å²) in [5.41, 5.74) is 0.290. The number of carbonyl (C=O) groups excluding carboxylic acids is 2. The monoisotopic (exact) mass is 511 g/mol. The maximum atomic E-state index is 14.5. The Morgan fingerprint density at radius 1 is 1.22 bits per heavy atom. The molecule has 2 amide bonds. The molecule has 0 atom stereocenters. The summed E-state index contributed by atoms with van der Waals surface area (Å²) < 4.78 is 45.2. The van der Waals surface area contributed by atoms with Crippen molar-refractivity contribution in [1.82, 2.24) is 14.5 Å². The Bertz CT molecular complexity index is 1410. The number of halogens is 3. The van der Waals surface area contributed by atoms with E-state index in [1.807, 2.05) is 19.9 Å². The molecule has 0 spiro atoms. The number of rotatable bonds is 4. The molecule has 0 radical (unpaired) electrons. The predicted octanol–water partition coefficient (Wildman–Crippen LogP) is 5.39.